The van der Waals surface area contributed by atoms with Crippen LogP contribution in [0.5, 0.6) is 0 Å². The third-order valence-corrected chi connectivity index (χ3v) is 3.18. The molecule has 0 amide bonds. The van der Waals surface area contributed by atoms with Crippen LogP contribution in [0.15, 0.2) is 48.5 Å². The van der Waals surface area contributed by atoms with E-state index in [4.69, 9.17) is 35.4 Å². The van der Waals surface area contributed by atoms with Gasteiger partial charge >= 0.3 is 0 Å². The van der Waals surface area contributed by atoms with E-state index >= 15 is 0 Å². The quantitative estimate of drug-likeness (QED) is 0.817. The maximum absolute atomic E-state index is 5.92. The molecule has 0 bridgehead atoms. The van der Waals surface area contributed by atoms with Gasteiger partial charge in [0, 0.05) is 22.3 Å². The summed E-state index contributed by atoms with van der Waals surface area (Å²) in [6.07, 6.45) is 0. The maximum atomic E-state index is 5.92. The third-order valence-electron chi connectivity index (χ3n) is 2.44. The van der Waals surface area contributed by atoms with Crippen LogP contribution in [0.4, 0.5) is 5.69 Å². The van der Waals surface area contributed by atoms with Gasteiger partial charge in [0.25, 0.3) is 0 Å². The number of nitrogens with one attached hydrogen (secondary N) is 2. The van der Waals surface area contributed by atoms with Crippen molar-refractivity contribution in [3.8, 4) is 0 Å². The molecule has 0 aromatic heterocycles. The molecule has 0 radical (unpaired) electrons. The molecule has 2 aromatic carbocycles. The van der Waals surface area contributed by atoms with Gasteiger partial charge in [-0.1, -0.05) is 35.3 Å². The second-order valence-electron chi connectivity index (χ2n) is 3.94. The lowest BCUT2D eigenvalue weighted by atomic mass is 10.2. The van der Waals surface area contributed by atoms with Crippen molar-refractivity contribution in [2.45, 2.75) is 6.54 Å². The Hall–Kier alpha value is -1.29. The second kappa shape index (κ2) is 6.75. The Bertz CT molecular complexity index is 570. The minimum absolute atomic E-state index is 0.558. The number of hydrogen-bond donors (Lipinski definition) is 2. The summed E-state index contributed by atoms with van der Waals surface area (Å²) in [5, 5.41) is 8.17. The standard InChI is InChI=1S/C14H12Cl2N2S/c15-11-4-6-13(7-5-11)18-14(19)17-9-10-2-1-3-12(16)8-10/h1-8H,9H2,(H2,17,18,19). The van der Waals surface area contributed by atoms with Gasteiger partial charge in [-0.05, 0) is 54.2 Å². The van der Waals surface area contributed by atoms with Gasteiger partial charge in [-0.2, -0.15) is 0 Å². The fourth-order valence-electron chi connectivity index (χ4n) is 1.54. The first-order chi connectivity index (χ1) is 9.13. The van der Waals surface area contributed by atoms with E-state index in [2.05, 4.69) is 10.6 Å². The first-order valence-corrected chi connectivity index (χ1v) is 6.85. The third kappa shape index (κ3) is 4.71. The van der Waals surface area contributed by atoms with Gasteiger partial charge in [0.2, 0.25) is 0 Å². The lowest BCUT2D eigenvalue weighted by molar-refractivity contribution is 0.926. The molecule has 0 fully saturated rings. The molecule has 2 nitrogen and oxygen atoms in total. The summed E-state index contributed by atoms with van der Waals surface area (Å²) in [4.78, 5) is 0. The molecule has 0 saturated carbocycles. The van der Waals surface area contributed by atoms with Gasteiger partial charge in [0.05, 0.1) is 0 Å². The zero-order chi connectivity index (χ0) is 13.7. The van der Waals surface area contributed by atoms with Crippen LogP contribution in [0.2, 0.25) is 10.0 Å². The van der Waals surface area contributed by atoms with Crippen molar-refractivity contribution >= 4 is 46.2 Å². The molecule has 0 unspecified atom stereocenters. The first kappa shape index (κ1) is 14.1. The van der Waals surface area contributed by atoms with Crippen molar-refractivity contribution in [1.29, 1.82) is 0 Å². The fourth-order valence-corrected chi connectivity index (χ4v) is 2.07. The van der Waals surface area contributed by atoms with Crippen LogP contribution in [-0.4, -0.2) is 5.11 Å². The summed E-state index contributed by atoms with van der Waals surface area (Å²) < 4.78 is 0. The minimum Gasteiger partial charge on any atom is -0.358 e. The highest BCUT2D eigenvalue weighted by atomic mass is 35.5. The van der Waals surface area contributed by atoms with Crippen LogP contribution in [-0.2, 0) is 6.54 Å². The van der Waals surface area contributed by atoms with Crippen LogP contribution in [0.1, 0.15) is 5.56 Å². The minimum atomic E-state index is 0.558. The van der Waals surface area contributed by atoms with Gasteiger partial charge < -0.3 is 10.6 Å². The molecule has 0 aliphatic rings. The number of thiocarbonyl (C=S) groups is 1. The Morgan fingerprint density at radius 3 is 2.42 bits per heavy atom. The van der Waals surface area contributed by atoms with Crippen LogP contribution in [0.3, 0.4) is 0 Å². The van der Waals surface area contributed by atoms with Crippen molar-refractivity contribution in [3.05, 3.63) is 64.1 Å². The molecule has 98 valence electrons. The molecule has 0 heterocycles. The van der Waals surface area contributed by atoms with Crippen LogP contribution < -0.4 is 10.6 Å². The molecule has 0 aliphatic heterocycles. The van der Waals surface area contributed by atoms with Crippen molar-refractivity contribution in [2.75, 3.05) is 5.32 Å². The number of anilines is 1. The van der Waals surface area contributed by atoms with Gasteiger partial charge in [0.1, 0.15) is 0 Å². The van der Waals surface area contributed by atoms with E-state index in [1.807, 2.05) is 48.5 Å². The second-order valence-corrected chi connectivity index (χ2v) is 5.23. The maximum Gasteiger partial charge on any atom is 0.171 e. The molecule has 0 spiro atoms. The first-order valence-electron chi connectivity index (χ1n) is 5.68. The predicted octanol–water partition coefficient (Wildman–Crippen LogP) is 4.48. The molecular formula is C14H12Cl2N2S. The number of rotatable bonds is 3. The van der Waals surface area contributed by atoms with E-state index < -0.39 is 0 Å². The van der Waals surface area contributed by atoms with E-state index in [0.29, 0.717) is 16.7 Å². The Labute approximate surface area is 127 Å². The Morgan fingerprint density at radius 2 is 1.74 bits per heavy atom. The molecule has 2 aromatic rings. The number of hydrogen-bond acceptors (Lipinski definition) is 1. The molecule has 5 heteroatoms. The molecule has 2 N–H and O–H groups in total. The average molecular weight is 311 g/mol. The monoisotopic (exact) mass is 310 g/mol. The molecule has 19 heavy (non-hydrogen) atoms. The number of halogens is 2. The normalized spacial score (nSPS) is 10.0. The van der Waals surface area contributed by atoms with E-state index in [1.165, 1.54) is 0 Å². The smallest absolute Gasteiger partial charge is 0.171 e. The summed E-state index contributed by atoms with van der Waals surface area (Å²) in [6, 6.07) is 15.0. The highest BCUT2D eigenvalue weighted by Crippen LogP contribution is 2.13. The Balaban J connectivity index is 1.86. The predicted molar refractivity (Wildman–Crippen MR) is 86.0 cm³/mol. The van der Waals surface area contributed by atoms with Crippen LogP contribution in [0.25, 0.3) is 0 Å². The zero-order valence-electron chi connectivity index (χ0n) is 9.99. The topological polar surface area (TPSA) is 24.1 Å². The van der Waals surface area contributed by atoms with Gasteiger partial charge in [-0.25, -0.2) is 0 Å². The van der Waals surface area contributed by atoms with E-state index in [-0.39, 0.29) is 0 Å². The molecule has 2 rings (SSSR count). The molecule has 0 aliphatic carbocycles. The van der Waals surface area contributed by atoms with Crippen molar-refractivity contribution < 1.29 is 0 Å². The molecule has 0 saturated heterocycles. The summed E-state index contributed by atoms with van der Waals surface area (Å²) >= 11 is 16.9. The van der Waals surface area contributed by atoms with Gasteiger partial charge in [0.15, 0.2) is 5.11 Å². The molecule has 0 atom stereocenters. The zero-order valence-corrected chi connectivity index (χ0v) is 12.3. The summed E-state index contributed by atoms with van der Waals surface area (Å²) in [7, 11) is 0. The van der Waals surface area contributed by atoms with Gasteiger partial charge in [-0.15, -0.1) is 0 Å². The lowest BCUT2D eigenvalue weighted by Gasteiger charge is -2.10. The Morgan fingerprint density at radius 1 is 1.00 bits per heavy atom. The van der Waals surface area contributed by atoms with Crippen LogP contribution in [0, 0.1) is 0 Å². The summed E-state index contributed by atoms with van der Waals surface area (Å²) in [6.45, 7) is 0.625. The summed E-state index contributed by atoms with van der Waals surface area (Å²) in [5.41, 5.74) is 1.97. The lowest BCUT2D eigenvalue weighted by Crippen LogP contribution is -2.27. The highest BCUT2D eigenvalue weighted by molar-refractivity contribution is 7.80. The fraction of sp³-hybridized carbons (Fsp3) is 0.0714. The van der Waals surface area contributed by atoms with E-state index in [9.17, 15) is 0 Å². The van der Waals surface area contributed by atoms with E-state index in [1.54, 1.807) is 0 Å². The van der Waals surface area contributed by atoms with Gasteiger partial charge in [-0.3, -0.25) is 0 Å². The largest absolute Gasteiger partial charge is 0.358 e. The van der Waals surface area contributed by atoms with Crippen molar-refractivity contribution in [2.24, 2.45) is 0 Å². The van der Waals surface area contributed by atoms with Crippen molar-refractivity contribution in [1.82, 2.24) is 5.32 Å². The number of benzene rings is 2. The Kier molecular flexibility index (Phi) is 5.02. The average Bonchev–Trinajstić information content (AvgIpc) is 2.39. The van der Waals surface area contributed by atoms with Crippen LogP contribution >= 0.6 is 35.4 Å². The highest BCUT2D eigenvalue weighted by Gasteiger charge is 1.99. The summed E-state index contributed by atoms with van der Waals surface area (Å²) in [5.74, 6) is 0. The molecular weight excluding hydrogens is 299 g/mol. The van der Waals surface area contributed by atoms with E-state index in [0.717, 1.165) is 16.3 Å². The SMILES string of the molecule is S=C(NCc1cccc(Cl)c1)Nc1ccc(Cl)cc1. The van der Waals surface area contributed by atoms with Crippen molar-refractivity contribution in [3.63, 3.8) is 0 Å².